The molecule has 0 aliphatic carbocycles. The van der Waals surface area contributed by atoms with Gasteiger partial charge >= 0.3 is 0 Å². The average molecular weight is 188 g/mol. The molecule has 0 amide bonds. The van der Waals surface area contributed by atoms with E-state index in [4.69, 9.17) is 0 Å². The van der Waals surface area contributed by atoms with Crippen LogP contribution in [0.15, 0.2) is 18.6 Å². The highest BCUT2D eigenvalue weighted by atomic mass is 15.1. The van der Waals surface area contributed by atoms with Crippen LogP contribution in [0.4, 0.5) is 0 Å². The van der Waals surface area contributed by atoms with Crippen molar-refractivity contribution in [3.8, 4) is 5.82 Å². The van der Waals surface area contributed by atoms with Gasteiger partial charge in [0.1, 0.15) is 18.0 Å². The molecule has 0 radical (unpaired) electrons. The van der Waals surface area contributed by atoms with Gasteiger partial charge in [-0.2, -0.15) is 0 Å². The second-order valence-electron chi connectivity index (χ2n) is 3.30. The Labute approximate surface area is 82.7 Å². The summed E-state index contributed by atoms with van der Waals surface area (Å²) < 4.78 is 2.01. The number of hydrogen-bond acceptors (Lipinski definition) is 3. The monoisotopic (exact) mass is 188 g/mol. The molecule has 2 rings (SSSR count). The fourth-order valence-corrected chi connectivity index (χ4v) is 1.47. The molecule has 0 aliphatic rings. The summed E-state index contributed by atoms with van der Waals surface area (Å²) >= 11 is 0. The number of hydrogen-bond donors (Lipinski definition) is 0. The van der Waals surface area contributed by atoms with Crippen molar-refractivity contribution in [1.29, 1.82) is 0 Å². The molecule has 0 N–H and O–H groups in total. The fraction of sp³-hybridized carbons (Fsp3) is 0.300. The van der Waals surface area contributed by atoms with Crippen LogP contribution in [0.5, 0.6) is 0 Å². The Morgan fingerprint density at radius 1 is 1.07 bits per heavy atom. The van der Waals surface area contributed by atoms with Crippen molar-refractivity contribution in [2.75, 3.05) is 0 Å². The summed E-state index contributed by atoms with van der Waals surface area (Å²) in [5.41, 5.74) is 2.04. The van der Waals surface area contributed by atoms with Gasteiger partial charge < -0.3 is 0 Å². The summed E-state index contributed by atoms with van der Waals surface area (Å²) in [6.07, 6.45) is 3.41. The molecule has 72 valence electrons. The maximum absolute atomic E-state index is 4.22. The molecular weight excluding hydrogens is 176 g/mol. The molecule has 2 aromatic rings. The van der Waals surface area contributed by atoms with E-state index in [2.05, 4.69) is 15.0 Å². The standard InChI is InChI=1S/C10H12N4/c1-7-4-10(13-6-12-7)14-8(2)5-11-9(14)3/h4-6H,1-3H3. The Bertz CT molecular complexity index is 439. The number of aromatic nitrogens is 4. The van der Waals surface area contributed by atoms with E-state index in [9.17, 15) is 0 Å². The second kappa shape index (κ2) is 3.21. The lowest BCUT2D eigenvalue weighted by Crippen LogP contribution is -2.02. The molecule has 2 heterocycles. The quantitative estimate of drug-likeness (QED) is 0.682. The molecule has 4 nitrogen and oxygen atoms in total. The topological polar surface area (TPSA) is 43.6 Å². The van der Waals surface area contributed by atoms with Crippen LogP contribution in [0.2, 0.25) is 0 Å². The fourth-order valence-electron chi connectivity index (χ4n) is 1.47. The molecule has 2 aromatic heterocycles. The second-order valence-corrected chi connectivity index (χ2v) is 3.30. The molecule has 0 unspecified atom stereocenters. The van der Waals surface area contributed by atoms with E-state index in [-0.39, 0.29) is 0 Å². The van der Waals surface area contributed by atoms with Crippen LogP contribution in [-0.4, -0.2) is 19.5 Å². The summed E-state index contributed by atoms with van der Waals surface area (Å²) in [6.45, 7) is 5.93. The van der Waals surface area contributed by atoms with Gasteiger partial charge in [0.05, 0.1) is 0 Å². The van der Waals surface area contributed by atoms with Crippen LogP contribution < -0.4 is 0 Å². The molecule has 14 heavy (non-hydrogen) atoms. The van der Waals surface area contributed by atoms with Gasteiger partial charge in [-0.25, -0.2) is 15.0 Å². The first-order valence-electron chi connectivity index (χ1n) is 4.48. The minimum absolute atomic E-state index is 0.880. The number of rotatable bonds is 1. The molecular formula is C10H12N4. The van der Waals surface area contributed by atoms with Gasteiger partial charge in [-0.05, 0) is 20.8 Å². The summed E-state index contributed by atoms with van der Waals surface area (Å²) in [7, 11) is 0. The highest BCUT2D eigenvalue weighted by Gasteiger charge is 2.05. The van der Waals surface area contributed by atoms with Gasteiger partial charge in [-0.3, -0.25) is 4.57 Å². The van der Waals surface area contributed by atoms with Gasteiger partial charge in [0.25, 0.3) is 0 Å². The van der Waals surface area contributed by atoms with E-state index in [1.54, 1.807) is 6.33 Å². The maximum Gasteiger partial charge on any atom is 0.141 e. The Morgan fingerprint density at radius 3 is 2.43 bits per heavy atom. The van der Waals surface area contributed by atoms with Crippen molar-refractivity contribution in [3.05, 3.63) is 35.8 Å². The number of aryl methyl sites for hydroxylation is 3. The highest BCUT2D eigenvalue weighted by molar-refractivity contribution is 5.28. The molecule has 0 bridgehead atoms. The molecule has 0 saturated heterocycles. The minimum atomic E-state index is 0.880. The van der Waals surface area contributed by atoms with Crippen LogP contribution in [0.1, 0.15) is 17.2 Å². The lowest BCUT2D eigenvalue weighted by atomic mass is 10.4. The molecule has 0 saturated carbocycles. The lowest BCUT2D eigenvalue weighted by molar-refractivity contribution is 0.886. The smallest absolute Gasteiger partial charge is 0.141 e. The summed E-state index contributed by atoms with van der Waals surface area (Å²) in [5, 5.41) is 0. The van der Waals surface area contributed by atoms with Crippen LogP contribution in [-0.2, 0) is 0 Å². The SMILES string of the molecule is Cc1cc(-n2c(C)cnc2C)ncn1. The molecule has 0 aromatic carbocycles. The van der Waals surface area contributed by atoms with Crippen LogP contribution >= 0.6 is 0 Å². The van der Waals surface area contributed by atoms with Crippen molar-refractivity contribution in [1.82, 2.24) is 19.5 Å². The number of imidazole rings is 1. The van der Waals surface area contributed by atoms with E-state index in [1.165, 1.54) is 0 Å². The summed E-state index contributed by atoms with van der Waals surface area (Å²) in [6, 6.07) is 1.95. The third-order valence-electron chi connectivity index (χ3n) is 2.13. The first kappa shape index (κ1) is 8.87. The molecule has 0 atom stereocenters. The number of nitrogens with zero attached hydrogens (tertiary/aromatic N) is 4. The largest absolute Gasteiger partial charge is 0.285 e. The Morgan fingerprint density at radius 2 is 1.86 bits per heavy atom. The zero-order chi connectivity index (χ0) is 10.1. The maximum atomic E-state index is 4.22. The van der Waals surface area contributed by atoms with Crippen molar-refractivity contribution in [3.63, 3.8) is 0 Å². The molecule has 4 heteroatoms. The summed E-state index contributed by atoms with van der Waals surface area (Å²) in [5.74, 6) is 1.82. The Hall–Kier alpha value is -1.71. The first-order valence-corrected chi connectivity index (χ1v) is 4.48. The zero-order valence-corrected chi connectivity index (χ0v) is 8.52. The molecule has 0 fully saturated rings. The normalized spacial score (nSPS) is 10.5. The van der Waals surface area contributed by atoms with Gasteiger partial charge in [-0.1, -0.05) is 0 Å². The van der Waals surface area contributed by atoms with E-state index in [0.717, 1.165) is 23.0 Å². The third-order valence-corrected chi connectivity index (χ3v) is 2.13. The predicted molar refractivity (Wildman–Crippen MR) is 53.4 cm³/mol. The lowest BCUT2D eigenvalue weighted by Gasteiger charge is -2.06. The van der Waals surface area contributed by atoms with Crippen molar-refractivity contribution >= 4 is 0 Å². The third kappa shape index (κ3) is 1.39. The van der Waals surface area contributed by atoms with Crippen molar-refractivity contribution in [2.24, 2.45) is 0 Å². The Kier molecular flexibility index (Phi) is 2.04. The zero-order valence-electron chi connectivity index (χ0n) is 8.52. The van der Waals surface area contributed by atoms with Gasteiger partial charge in [0, 0.05) is 23.7 Å². The predicted octanol–water partition coefficient (Wildman–Crippen LogP) is 1.59. The van der Waals surface area contributed by atoms with Crippen molar-refractivity contribution < 1.29 is 0 Å². The summed E-state index contributed by atoms with van der Waals surface area (Å²) in [4.78, 5) is 12.5. The van der Waals surface area contributed by atoms with E-state index < -0.39 is 0 Å². The van der Waals surface area contributed by atoms with Gasteiger partial charge in [0.15, 0.2) is 0 Å². The minimum Gasteiger partial charge on any atom is -0.285 e. The van der Waals surface area contributed by atoms with E-state index in [1.807, 2.05) is 37.6 Å². The van der Waals surface area contributed by atoms with Gasteiger partial charge in [-0.15, -0.1) is 0 Å². The Balaban J connectivity index is 2.59. The van der Waals surface area contributed by atoms with Crippen LogP contribution in [0, 0.1) is 20.8 Å². The van der Waals surface area contributed by atoms with E-state index in [0.29, 0.717) is 0 Å². The highest BCUT2D eigenvalue weighted by Crippen LogP contribution is 2.11. The van der Waals surface area contributed by atoms with Crippen LogP contribution in [0.25, 0.3) is 5.82 Å². The van der Waals surface area contributed by atoms with Crippen LogP contribution in [0.3, 0.4) is 0 Å². The van der Waals surface area contributed by atoms with Gasteiger partial charge in [0.2, 0.25) is 0 Å². The van der Waals surface area contributed by atoms with Crippen molar-refractivity contribution in [2.45, 2.75) is 20.8 Å². The average Bonchev–Trinajstić information content (AvgIpc) is 2.46. The first-order chi connectivity index (χ1) is 6.68. The van der Waals surface area contributed by atoms with E-state index >= 15 is 0 Å². The molecule has 0 aliphatic heterocycles. The molecule has 0 spiro atoms.